The molecule has 0 saturated carbocycles. The molecule has 4 aromatic rings. The van der Waals surface area contributed by atoms with E-state index in [0.717, 1.165) is 40.8 Å². The summed E-state index contributed by atoms with van der Waals surface area (Å²) < 4.78 is 28.3. The number of para-hydroxylation sites is 1. The molecule has 0 saturated heterocycles. The number of rotatable bonds is 10. The number of nitrogens with one attached hydrogen (secondary N) is 1. The molecule has 0 aliphatic carbocycles. The van der Waals surface area contributed by atoms with Crippen LogP contribution in [0, 0.1) is 6.92 Å². The molecular weight excluding hydrogens is 480 g/mol. The molecule has 0 atom stereocenters. The van der Waals surface area contributed by atoms with Crippen molar-refractivity contribution in [2.24, 2.45) is 0 Å². The third-order valence-corrected chi connectivity index (χ3v) is 7.58. The van der Waals surface area contributed by atoms with Crippen molar-refractivity contribution in [2.45, 2.75) is 44.6 Å². The van der Waals surface area contributed by atoms with Gasteiger partial charge in [-0.15, -0.1) is 0 Å². The first kappa shape index (κ1) is 26.2. The van der Waals surface area contributed by atoms with E-state index in [-0.39, 0.29) is 10.8 Å². The van der Waals surface area contributed by atoms with Gasteiger partial charge in [0.15, 0.2) is 0 Å². The highest BCUT2D eigenvalue weighted by molar-refractivity contribution is 7.92. The number of anilines is 2. The van der Waals surface area contributed by atoms with Crippen LogP contribution in [0.2, 0.25) is 0 Å². The van der Waals surface area contributed by atoms with Gasteiger partial charge in [0.25, 0.3) is 10.0 Å². The summed E-state index contributed by atoms with van der Waals surface area (Å²) in [4.78, 5) is 15.0. The van der Waals surface area contributed by atoms with Gasteiger partial charge < -0.3 is 4.90 Å². The summed E-state index contributed by atoms with van der Waals surface area (Å²) in [5.41, 5.74) is 5.27. The summed E-state index contributed by atoms with van der Waals surface area (Å²) in [5.74, 6) is 0.116. The number of aryl methyl sites for hydroxylation is 1. The molecule has 190 valence electrons. The van der Waals surface area contributed by atoms with Gasteiger partial charge in [-0.2, -0.15) is 0 Å². The van der Waals surface area contributed by atoms with Crippen molar-refractivity contribution in [2.75, 3.05) is 9.62 Å². The van der Waals surface area contributed by atoms with Gasteiger partial charge >= 0.3 is 0 Å². The van der Waals surface area contributed by atoms with Crippen LogP contribution in [0.4, 0.5) is 11.4 Å². The van der Waals surface area contributed by atoms with E-state index in [1.165, 1.54) is 0 Å². The third kappa shape index (κ3) is 6.86. The molecule has 37 heavy (non-hydrogen) atoms. The van der Waals surface area contributed by atoms with Crippen LogP contribution in [0.1, 0.15) is 37.3 Å². The first-order valence-electron chi connectivity index (χ1n) is 12.5. The lowest BCUT2D eigenvalue weighted by atomic mass is 10.0. The molecule has 1 amide bonds. The average Bonchev–Trinajstić information content (AvgIpc) is 2.91. The fourth-order valence-corrected chi connectivity index (χ4v) is 5.12. The summed E-state index contributed by atoms with van der Waals surface area (Å²) in [7, 11) is -3.68. The number of sulfonamides is 1. The zero-order valence-corrected chi connectivity index (χ0v) is 22.0. The highest BCUT2D eigenvalue weighted by Gasteiger charge is 2.16. The molecule has 0 spiro atoms. The second-order valence-electron chi connectivity index (χ2n) is 9.12. The topological polar surface area (TPSA) is 66.5 Å². The molecule has 0 fully saturated rings. The summed E-state index contributed by atoms with van der Waals surface area (Å²) in [6.45, 7) is 4.49. The average molecular weight is 513 g/mol. The largest absolute Gasteiger partial charge is 0.308 e. The van der Waals surface area contributed by atoms with E-state index in [4.69, 9.17) is 0 Å². The first-order valence-corrected chi connectivity index (χ1v) is 14.0. The van der Waals surface area contributed by atoms with Crippen LogP contribution >= 0.6 is 0 Å². The SMILES string of the molecule is CCCCC(=O)N(Cc1ccc(-c2cccc(NS(=O)(=O)c3ccc(C)cc3)c2)cc1)c1ccccc1. The van der Waals surface area contributed by atoms with Crippen molar-refractivity contribution in [3.63, 3.8) is 0 Å². The summed E-state index contributed by atoms with van der Waals surface area (Å²) in [6, 6.07) is 31.9. The number of hydrogen-bond acceptors (Lipinski definition) is 3. The summed E-state index contributed by atoms with van der Waals surface area (Å²) >= 11 is 0. The second-order valence-corrected chi connectivity index (χ2v) is 10.8. The Labute approximate surface area is 219 Å². The van der Waals surface area contributed by atoms with E-state index >= 15 is 0 Å². The van der Waals surface area contributed by atoms with Gasteiger partial charge in [0.1, 0.15) is 0 Å². The lowest BCUT2D eigenvalue weighted by Crippen LogP contribution is -2.30. The van der Waals surface area contributed by atoms with Gasteiger partial charge in [0.2, 0.25) is 5.91 Å². The van der Waals surface area contributed by atoms with Crippen molar-refractivity contribution in [1.82, 2.24) is 0 Å². The number of hydrogen-bond donors (Lipinski definition) is 1. The maximum Gasteiger partial charge on any atom is 0.261 e. The predicted molar refractivity (Wildman–Crippen MR) is 151 cm³/mol. The van der Waals surface area contributed by atoms with Crippen molar-refractivity contribution in [3.05, 3.63) is 114 Å². The minimum Gasteiger partial charge on any atom is -0.308 e. The molecule has 0 aliphatic rings. The summed E-state index contributed by atoms with van der Waals surface area (Å²) in [6.07, 6.45) is 2.36. The van der Waals surface area contributed by atoms with Crippen LogP contribution in [0.5, 0.6) is 0 Å². The molecule has 0 bridgehead atoms. The molecular formula is C31H32N2O3S. The van der Waals surface area contributed by atoms with E-state index in [0.29, 0.717) is 18.7 Å². The number of benzene rings is 4. The van der Waals surface area contributed by atoms with E-state index < -0.39 is 10.0 Å². The lowest BCUT2D eigenvalue weighted by molar-refractivity contribution is -0.118. The molecule has 1 N–H and O–H groups in total. The predicted octanol–water partition coefficient (Wildman–Crippen LogP) is 7.19. The number of amides is 1. The Morgan fingerprint density at radius 1 is 0.811 bits per heavy atom. The smallest absolute Gasteiger partial charge is 0.261 e. The quantitative estimate of drug-likeness (QED) is 0.245. The number of carbonyl (C=O) groups is 1. The molecule has 5 nitrogen and oxygen atoms in total. The highest BCUT2D eigenvalue weighted by atomic mass is 32.2. The molecule has 4 rings (SSSR count). The van der Waals surface area contributed by atoms with Crippen LogP contribution in [0.3, 0.4) is 0 Å². The molecule has 0 aromatic heterocycles. The molecule has 0 radical (unpaired) electrons. The van der Waals surface area contributed by atoms with Gasteiger partial charge in [-0.25, -0.2) is 8.42 Å². The van der Waals surface area contributed by atoms with E-state index in [9.17, 15) is 13.2 Å². The standard InChI is InChI=1S/C31H32N2O3S/c1-3-4-13-31(34)33(29-11-6-5-7-12-29)23-25-16-18-26(19-17-25)27-9-8-10-28(22-27)32-37(35,36)30-20-14-24(2)15-21-30/h5-12,14-22,32H,3-4,13,23H2,1-2H3. The van der Waals surface area contributed by atoms with Crippen LogP contribution < -0.4 is 9.62 Å². The molecule has 6 heteroatoms. The van der Waals surface area contributed by atoms with Gasteiger partial charge in [0, 0.05) is 17.8 Å². The normalized spacial score (nSPS) is 11.2. The zero-order valence-electron chi connectivity index (χ0n) is 21.2. The molecule has 0 heterocycles. The van der Waals surface area contributed by atoms with Crippen LogP contribution in [0.25, 0.3) is 11.1 Å². The fraction of sp³-hybridized carbons (Fsp3) is 0.194. The Morgan fingerprint density at radius 3 is 2.19 bits per heavy atom. The van der Waals surface area contributed by atoms with Gasteiger partial charge in [-0.1, -0.05) is 85.6 Å². The zero-order chi connectivity index (χ0) is 26.3. The Hall–Kier alpha value is -3.90. The maximum atomic E-state index is 12.9. The Kier molecular flexibility index (Phi) is 8.41. The lowest BCUT2D eigenvalue weighted by Gasteiger charge is -2.23. The van der Waals surface area contributed by atoms with E-state index in [2.05, 4.69) is 11.6 Å². The van der Waals surface area contributed by atoms with Crippen LogP contribution in [0.15, 0.2) is 108 Å². The van der Waals surface area contributed by atoms with E-state index in [1.54, 1.807) is 30.3 Å². The van der Waals surface area contributed by atoms with Gasteiger partial charge in [-0.05, 0) is 66.4 Å². The minimum absolute atomic E-state index is 0.116. The van der Waals surface area contributed by atoms with Crippen molar-refractivity contribution < 1.29 is 13.2 Å². The van der Waals surface area contributed by atoms with Crippen molar-refractivity contribution in [1.29, 1.82) is 0 Å². The number of unbranched alkanes of at least 4 members (excludes halogenated alkanes) is 1. The number of carbonyl (C=O) groups excluding carboxylic acids is 1. The molecule has 0 unspecified atom stereocenters. The van der Waals surface area contributed by atoms with E-state index in [1.807, 2.05) is 84.6 Å². The monoisotopic (exact) mass is 512 g/mol. The minimum atomic E-state index is -3.68. The van der Waals surface area contributed by atoms with Gasteiger partial charge in [0.05, 0.1) is 11.4 Å². The van der Waals surface area contributed by atoms with Crippen molar-refractivity contribution >= 4 is 27.3 Å². The Morgan fingerprint density at radius 2 is 1.51 bits per heavy atom. The third-order valence-electron chi connectivity index (χ3n) is 6.19. The van der Waals surface area contributed by atoms with Crippen LogP contribution in [-0.2, 0) is 21.4 Å². The Balaban J connectivity index is 1.51. The number of nitrogens with zero attached hydrogens (tertiary/aromatic N) is 1. The first-order chi connectivity index (χ1) is 17.9. The molecule has 4 aromatic carbocycles. The maximum absolute atomic E-state index is 12.9. The summed E-state index contributed by atoms with van der Waals surface area (Å²) in [5, 5.41) is 0. The molecule has 0 aliphatic heterocycles. The van der Waals surface area contributed by atoms with Crippen LogP contribution in [-0.4, -0.2) is 14.3 Å². The second kappa shape index (κ2) is 11.9. The van der Waals surface area contributed by atoms with Crippen molar-refractivity contribution in [3.8, 4) is 11.1 Å². The van der Waals surface area contributed by atoms with Gasteiger partial charge in [-0.3, -0.25) is 9.52 Å². The Bertz CT molecular complexity index is 1430. The fourth-order valence-electron chi connectivity index (χ4n) is 4.07. The highest BCUT2D eigenvalue weighted by Crippen LogP contribution is 2.26.